The number of hydrogen-bond donors (Lipinski definition) is 2. The number of carbonyl (C=O) groups excluding carboxylic acids is 1. The highest BCUT2D eigenvalue weighted by molar-refractivity contribution is 6.03. The van der Waals surface area contributed by atoms with E-state index in [-0.39, 0.29) is 29.9 Å². The number of pyridine rings is 1. The van der Waals surface area contributed by atoms with Gasteiger partial charge in [-0.05, 0) is 50.5 Å². The van der Waals surface area contributed by atoms with Gasteiger partial charge in [0.25, 0.3) is 11.9 Å². The van der Waals surface area contributed by atoms with E-state index in [0.717, 1.165) is 19.1 Å². The summed E-state index contributed by atoms with van der Waals surface area (Å²) in [5, 5.41) is 2.51. The molecule has 3 N–H and O–H groups in total. The van der Waals surface area contributed by atoms with Crippen molar-refractivity contribution in [2.24, 2.45) is 10.7 Å². The summed E-state index contributed by atoms with van der Waals surface area (Å²) in [7, 11) is 0. The molecule has 0 radical (unpaired) electrons. The molecule has 1 fully saturated rings. The van der Waals surface area contributed by atoms with Crippen LogP contribution in [0, 0.1) is 12.4 Å². The van der Waals surface area contributed by atoms with Gasteiger partial charge in [-0.15, -0.1) is 0 Å². The van der Waals surface area contributed by atoms with E-state index in [9.17, 15) is 9.18 Å². The van der Waals surface area contributed by atoms with Crippen LogP contribution in [0.2, 0.25) is 0 Å². The molecule has 0 bridgehead atoms. The van der Waals surface area contributed by atoms with Gasteiger partial charge in [-0.25, -0.2) is 14.2 Å². The minimum absolute atomic E-state index is 0.0107. The van der Waals surface area contributed by atoms with Gasteiger partial charge in [-0.3, -0.25) is 9.78 Å². The third-order valence-corrected chi connectivity index (χ3v) is 5.84. The molecule has 1 aromatic carbocycles. The number of ether oxygens (including phenoxy) is 1. The van der Waals surface area contributed by atoms with E-state index in [4.69, 9.17) is 17.0 Å². The van der Waals surface area contributed by atoms with Gasteiger partial charge in [0, 0.05) is 17.4 Å². The van der Waals surface area contributed by atoms with Gasteiger partial charge >= 0.3 is 5.92 Å². The molecule has 1 spiro atoms. The number of aromatic nitrogens is 1. The van der Waals surface area contributed by atoms with Crippen molar-refractivity contribution in [3.8, 4) is 0 Å². The Morgan fingerprint density at radius 3 is 2.61 bits per heavy atom. The van der Waals surface area contributed by atoms with E-state index in [2.05, 4.69) is 20.1 Å². The number of anilines is 1. The molecule has 1 aromatic heterocycles. The molecule has 7 nitrogen and oxygen atoms in total. The Labute approximate surface area is 176 Å². The second kappa shape index (κ2) is 6.97. The number of hydrogen-bond acceptors (Lipinski definition) is 5. The lowest BCUT2D eigenvalue weighted by Crippen LogP contribution is -2.67. The van der Waals surface area contributed by atoms with Crippen LogP contribution in [0.4, 0.5) is 24.5 Å². The third kappa shape index (κ3) is 3.08. The lowest BCUT2D eigenvalue weighted by Gasteiger charge is -2.54. The molecule has 10 heteroatoms. The molecule has 1 unspecified atom stereocenters. The largest absolute Gasteiger partial charge is 0.452 e. The smallest absolute Gasteiger partial charge is 0.315 e. The van der Waals surface area contributed by atoms with Gasteiger partial charge in [0.15, 0.2) is 11.1 Å². The first kappa shape index (κ1) is 20.7. The molecule has 2 heterocycles. The van der Waals surface area contributed by atoms with Crippen LogP contribution < -0.4 is 11.1 Å². The molecule has 1 aliphatic heterocycles. The summed E-state index contributed by atoms with van der Waals surface area (Å²) in [4.78, 5) is 23.3. The molecule has 1 aliphatic carbocycles. The van der Waals surface area contributed by atoms with Crippen molar-refractivity contribution in [3.63, 3.8) is 0 Å². The number of amides is 1. The molecule has 1 amide bonds. The number of nitrogens with one attached hydrogen (secondary N) is 1. The molecule has 4 rings (SSSR count). The molecule has 1 atom stereocenters. The van der Waals surface area contributed by atoms with E-state index < -0.39 is 40.4 Å². The van der Waals surface area contributed by atoms with Crippen molar-refractivity contribution >= 4 is 23.3 Å². The zero-order valence-corrected chi connectivity index (χ0v) is 16.5. The number of rotatable bonds is 3. The third-order valence-electron chi connectivity index (χ3n) is 5.84. The minimum atomic E-state index is -3.54. The number of aliphatic imine (C=N–C) groups is 1. The van der Waals surface area contributed by atoms with E-state index in [1.54, 1.807) is 0 Å². The Balaban J connectivity index is 1.70. The number of nitrogens with zero attached hydrogens (tertiary/aromatic N) is 3. The molecule has 1 saturated carbocycles. The van der Waals surface area contributed by atoms with Crippen LogP contribution in [-0.2, 0) is 10.3 Å². The van der Waals surface area contributed by atoms with Crippen LogP contribution in [0.5, 0.6) is 0 Å². The maximum Gasteiger partial charge on any atom is 0.315 e. The standard InChI is InChI=1S/C21H18F3N5O2/c1-19(21(23,24)20(8-3-9-20)31-18(25)29-19)14-10-12(4-6-15(14)22)28-17(30)16-7-5-13(26-2)11-27-16/h4-7,10-11H,3,8-9H2,1H3,(H2,25,29)(H,28,30). The summed E-state index contributed by atoms with van der Waals surface area (Å²) in [6.07, 6.45) is 1.93. The maximum atomic E-state index is 15.5. The highest BCUT2D eigenvalue weighted by atomic mass is 19.3. The quantitative estimate of drug-likeness (QED) is 0.717. The first-order chi connectivity index (χ1) is 14.6. The van der Waals surface area contributed by atoms with E-state index in [0.29, 0.717) is 6.42 Å². The number of nitrogens with two attached hydrogens (primary N) is 1. The van der Waals surface area contributed by atoms with Crippen LogP contribution in [0.3, 0.4) is 0 Å². The van der Waals surface area contributed by atoms with Crippen LogP contribution >= 0.6 is 0 Å². The molecule has 31 heavy (non-hydrogen) atoms. The molecule has 160 valence electrons. The van der Waals surface area contributed by atoms with Crippen molar-refractivity contribution in [2.45, 2.75) is 43.2 Å². The summed E-state index contributed by atoms with van der Waals surface area (Å²) in [6.45, 7) is 8.02. The SMILES string of the molecule is [C-]#[N+]c1ccc(C(=O)Nc2ccc(F)c(C3(C)N=C(N)OC4(CCC4)C3(F)F)c2)nc1. The number of benzene rings is 1. The van der Waals surface area contributed by atoms with Crippen LogP contribution in [0.25, 0.3) is 4.85 Å². The average Bonchev–Trinajstić information content (AvgIpc) is 2.71. The predicted molar refractivity (Wildman–Crippen MR) is 106 cm³/mol. The van der Waals surface area contributed by atoms with Gasteiger partial charge in [0.05, 0.1) is 6.57 Å². The molecule has 0 saturated heterocycles. The Morgan fingerprint density at radius 1 is 1.29 bits per heavy atom. The number of carbonyl (C=O) groups is 1. The van der Waals surface area contributed by atoms with Crippen LogP contribution in [0.15, 0.2) is 41.5 Å². The van der Waals surface area contributed by atoms with Crippen LogP contribution in [-0.4, -0.2) is 28.4 Å². The lowest BCUT2D eigenvalue weighted by molar-refractivity contribution is -0.252. The molecular weight excluding hydrogens is 411 g/mol. The first-order valence-electron chi connectivity index (χ1n) is 9.49. The van der Waals surface area contributed by atoms with Gasteiger partial charge in [0.1, 0.15) is 11.5 Å². The Kier molecular flexibility index (Phi) is 4.65. The highest BCUT2D eigenvalue weighted by Gasteiger charge is 2.71. The lowest BCUT2D eigenvalue weighted by atomic mass is 9.66. The van der Waals surface area contributed by atoms with E-state index in [1.165, 1.54) is 24.4 Å². The predicted octanol–water partition coefficient (Wildman–Crippen LogP) is 4.14. The van der Waals surface area contributed by atoms with E-state index in [1.807, 2.05) is 0 Å². The second-order valence-corrected chi connectivity index (χ2v) is 7.71. The van der Waals surface area contributed by atoms with E-state index >= 15 is 8.78 Å². The second-order valence-electron chi connectivity index (χ2n) is 7.71. The normalized spacial score (nSPS) is 23.1. The van der Waals surface area contributed by atoms with Crippen LogP contribution in [0.1, 0.15) is 42.2 Å². The summed E-state index contributed by atoms with van der Waals surface area (Å²) < 4.78 is 51.1. The molecule has 2 aliphatic rings. The van der Waals surface area contributed by atoms with Gasteiger partial charge in [-0.1, -0.05) is 6.07 Å². The van der Waals surface area contributed by atoms with Gasteiger partial charge < -0.3 is 15.8 Å². The molecular formula is C21H18F3N5O2. The Hall–Kier alpha value is -3.61. The summed E-state index contributed by atoms with van der Waals surface area (Å²) in [5.74, 6) is -5.09. The fourth-order valence-corrected chi connectivity index (χ4v) is 3.92. The van der Waals surface area contributed by atoms with Crippen molar-refractivity contribution < 1.29 is 22.7 Å². The zero-order chi connectivity index (χ0) is 22.4. The Bertz CT molecular complexity index is 1120. The fraction of sp³-hybridized carbons (Fsp3) is 0.333. The van der Waals surface area contributed by atoms with Gasteiger partial charge in [0.2, 0.25) is 5.69 Å². The number of halogens is 3. The maximum absolute atomic E-state index is 15.5. The average molecular weight is 429 g/mol. The van der Waals surface area contributed by atoms with Gasteiger partial charge in [-0.2, -0.15) is 8.78 Å². The first-order valence-corrected chi connectivity index (χ1v) is 9.49. The van der Waals surface area contributed by atoms with Crippen molar-refractivity contribution in [2.75, 3.05) is 5.32 Å². The monoisotopic (exact) mass is 429 g/mol. The van der Waals surface area contributed by atoms with Crippen molar-refractivity contribution in [1.29, 1.82) is 0 Å². The zero-order valence-electron chi connectivity index (χ0n) is 16.5. The Morgan fingerprint density at radius 2 is 2.03 bits per heavy atom. The highest BCUT2D eigenvalue weighted by Crippen LogP contribution is 2.58. The number of alkyl halides is 2. The minimum Gasteiger partial charge on any atom is -0.452 e. The van der Waals surface area contributed by atoms with Crippen molar-refractivity contribution in [3.05, 3.63) is 65.0 Å². The number of amidine groups is 1. The summed E-state index contributed by atoms with van der Waals surface area (Å²) >= 11 is 0. The summed E-state index contributed by atoms with van der Waals surface area (Å²) in [5.41, 5.74) is 1.49. The topological polar surface area (TPSA) is 94.0 Å². The fourth-order valence-electron chi connectivity index (χ4n) is 3.92. The van der Waals surface area contributed by atoms with Crippen molar-refractivity contribution in [1.82, 2.24) is 4.98 Å². The molecule has 2 aromatic rings. The summed E-state index contributed by atoms with van der Waals surface area (Å²) in [6, 6.07) is 5.69.